The van der Waals surface area contributed by atoms with E-state index >= 15 is 0 Å². The van der Waals surface area contributed by atoms with Crippen LogP contribution in [0.25, 0.3) is 0 Å². The maximum Gasteiger partial charge on any atom is 0.0777 e. The molecule has 0 aliphatic carbocycles. The number of aliphatic hydroxyl groups is 1. The third kappa shape index (κ3) is 2.76. The third-order valence-corrected chi connectivity index (χ3v) is 1.90. The van der Waals surface area contributed by atoms with E-state index in [0.717, 1.165) is 5.69 Å². The molecule has 0 fully saturated rings. The van der Waals surface area contributed by atoms with Gasteiger partial charge in [-0.05, 0) is 6.42 Å². The Morgan fingerprint density at radius 2 is 2.50 bits per heavy atom. The fourth-order valence-electron chi connectivity index (χ4n) is 1.21. The van der Waals surface area contributed by atoms with E-state index in [9.17, 15) is 0 Å². The number of nitrogens with zero attached hydrogens (tertiary/aromatic N) is 3. The molecule has 0 spiro atoms. The summed E-state index contributed by atoms with van der Waals surface area (Å²) in [6, 6.07) is -0.214. The molecule has 0 saturated carbocycles. The van der Waals surface area contributed by atoms with E-state index in [-0.39, 0.29) is 12.6 Å². The lowest BCUT2D eigenvalue weighted by Crippen LogP contribution is -2.21. The van der Waals surface area contributed by atoms with Crippen molar-refractivity contribution in [3.05, 3.63) is 11.9 Å². The van der Waals surface area contributed by atoms with Gasteiger partial charge in [0.25, 0.3) is 0 Å². The maximum atomic E-state index is 8.68. The Bertz CT molecular complexity index is 264. The fourth-order valence-corrected chi connectivity index (χ4v) is 1.21. The number of hydrogen-bond donors (Lipinski definition) is 2. The zero-order chi connectivity index (χ0) is 10.4. The zero-order valence-corrected chi connectivity index (χ0v) is 8.26. The first kappa shape index (κ1) is 11.1. The van der Waals surface area contributed by atoms with E-state index in [1.807, 2.05) is 0 Å². The van der Waals surface area contributed by atoms with Crippen LogP contribution in [0.5, 0.6) is 0 Å². The van der Waals surface area contributed by atoms with Crippen molar-refractivity contribution >= 4 is 0 Å². The van der Waals surface area contributed by atoms with Crippen molar-refractivity contribution in [2.45, 2.75) is 19.0 Å². The average molecular weight is 200 g/mol. The number of hydrogen-bond acceptors (Lipinski definition) is 5. The number of aliphatic hydroxyl groups excluding tert-OH is 1. The predicted octanol–water partition coefficient (Wildman–Crippen LogP) is -0.693. The predicted molar refractivity (Wildman–Crippen MR) is 50.5 cm³/mol. The van der Waals surface area contributed by atoms with Crippen molar-refractivity contribution in [3.8, 4) is 0 Å². The molecule has 1 aromatic rings. The number of aryl methyl sites for hydroxylation is 1. The van der Waals surface area contributed by atoms with Gasteiger partial charge in [-0.3, -0.25) is 0 Å². The van der Waals surface area contributed by atoms with Crippen molar-refractivity contribution in [2.75, 3.05) is 20.3 Å². The molecule has 1 heterocycles. The highest BCUT2D eigenvalue weighted by atomic mass is 16.5. The summed E-state index contributed by atoms with van der Waals surface area (Å²) in [4.78, 5) is 0. The van der Waals surface area contributed by atoms with Crippen molar-refractivity contribution in [2.24, 2.45) is 5.73 Å². The van der Waals surface area contributed by atoms with Gasteiger partial charge in [0.1, 0.15) is 0 Å². The molecule has 0 bridgehead atoms. The maximum absolute atomic E-state index is 8.68. The topological polar surface area (TPSA) is 86.2 Å². The molecule has 0 saturated heterocycles. The Labute approximate surface area is 82.7 Å². The first-order chi connectivity index (χ1) is 6.79. The van der Waals surface area contributed by atoms with Crippen LogP contribution in [0, 0.1) is 0 Å². The number of ether oxygens (including phenoxy) is 1. The normalized spacial score (nSPS) is 13.1. The van der Waals surface area contributed by atoms with Gasteiger partial charge >= 0.3 is 0 Å². The zero-order valence-electron chi connectivity index (χ0n) is 8.26. The fraction of sp³-hybridized carbons (Fsp3) is 0.750. The molecule has 1 aromatic heterocycles. The monoisotopic (exact) mass is 200 g/mol. The Kier molecular flexibility index (Phi) is 4.51. The van der Waals surface area contributed by atoms with E-state index in [4.69, 9.17) is 15.6 Å². The molecular weight excluding hydrogens is 184 g/mol. The number of aromatic nitrogens is 3. The summed E-state index contributed by atoms with van der Waals surface area (Å²) >= 11 is 0. The minimum absolute atomic E-state index is 0.138. The van der Waals surface area contributed by atoms with Gasteiger partial charge in [-0.2, -0.15) is 0 Å². The summed E-state index contributed by atoms with van der Waals surface area (Å²) in [5.74, 6) is 0. The van der Waals surface area contributed by atoms with Gasteiger partial charge in [-0.25, -0.2) is 4.68 Å². The van der Waals surface area contributed by atoms with Crippen LogP contribution in [-0.4, -0.2) is 40.4 Å². The van der Waals surface area contributed by atoms with Gasteiger partial charge in [0.15, 0.2) is 0 Å². The summed E-state index contributed by atoms with van der Waals surface area (Å²) in [7, 11) is 1.60. The molecule has 0 aliphatic heterocycles. The van der Waals surface area contributed by atoms with Gasteiger partial charge in [-0.15, -0.1) is 5.10 Å². The SMILES string of the molecule is COCC(N)c1cnnn1CCCO. The largest absolute Gasteiger partial charge is 0.396 e. The summed E-state index contributed by atoms with van der Waals surface area (Å²) in [5, 5.41) is 16.3. The van der Waals surface area contributed by atoms with Crippen LogP contribution in [-0.2, 0) is 11.3 Å². The molecular formula is C8H16N4O2. The number of methoxy groups -OCH3 is 1. The molecule has 6 nitrogen and oxygen atoms in total. The molecule has 0 radical (unpaired) electrons. The van der Waals surface area contributed by atoms with Crippen LogP contribution in [0.3, 0.4) is 0 Å². The molecule has 0 aliphatic rings. The minimum Gasteiger partial charge on any atom is -0.396 e. The minimum atomic E-state index is -0.214. The van der Waals surface area contributed by atoms with Gasteiger partial charge in [0.2, 0.25) is 0 Å². The van der Waals surface area contributed by atoms with Gasteiger partial charge in [0, 0.05) is 20.3 Å². The Morgan fingerprint density at radius 3 is 3.14 bits per heavy atom. The van der Waals surface area contributed by atoms with Gasteiger partial charge in [0.05, 0.1) is 24.5 Å². The number of nitrogens with two attached hydrogens (primary N) is 1. The first-order valence-electron chi connectivity index (χ1n) is 4.53. The number of rotatable bonds is 6. The van der Waals surface area contributed by atoms with Crippen molar-refractivity contribution in [3.63, 3.8) is 0 Å². The first-order valence-corrected chi connectivity index (χ1v) is 4.53. The second-order valence-corrected chi connectivity index (χ2v) is 3.02. The van der Waals surface area contributed by atoms with Crippen LogP contribution in [0.15, 0.2) is 6.20 Å². The summed E-state index contributed by atoms with van der Waals surface area (Å²) in [5.41, 5.74) is 6.67. The van der Waals surface area contributed by atoms with E-state index < -0.39 is 0 Å². The molecule has 1 rings (SSSR count). The standard InChI is InChI=1S/C8H16N4O2/c1-14-6-7(9)8-5-10-11-12(8)3-2-4-13/h5,7,13H,2-4,6,9H2,1H3. The molecule has 0 amide bonds. The molecule has 6 heteroatoms. The average Bonchev–Trinajstić information content (AvgIpc) is 2.63. The van der Waals surface area contributed by atoms with Crippen LogP contribution < -0.4 is 5.73 Å². The lowest BCUT2D eigenvalue weighted by molar-refractivity contribution is 0.177. The van der Waals surface area contributed by atoms with Crippen molar-refractivity contribution in [1.82, 2.24) is 15.0 Å². The summed E-state index contributed by atoms with van der Waals surface area (Å²) in [6.45, 7) is 1.20. The van der Waals surface area contributed by atoms with E-state index in [0.29, 0.717) is 19.6 Å². The molecule has 0 aromatic carbocycles. The Hall–Kier alpha value is -0.980. The highest BCUT2D eigenvalue weighted by Gasteiger charge is 2.11. The Morgan fingerprint density at radius 1 is 1.71 bits per heavy atom. The quantitative estimate of drug-likeness (QED) is 0.634. The lowest BCUT2D eigenvalue weighted by atomic mass is 10.2. The molecule has 1 atom stereocenters. The molecule has 14 heavy (non-hydrogen) atoms. The van der Waals surface area contributed by atoms with Crippen LogP contribution in [0.1, 0.15) is 18.2 Å². The smallest absolute Gasteiger partial charge is 0.0777 e. The lowest BCUT2D eigenvalue weighted by Gasteiger charge is -2.11. The second-order valence-electron chi connectivity index (χ2n) is 3.02. The van der Waals surface area contributed by atoms with Crippen molar-refractivity contribution in [1.29, 1.82) is 0 Å². The van der Waals surface area contributed by atoms with E-state index in [1.54, 1.807) is 18.0 Å². The van der Waals surface area contributed by atoms with E-state index in [1.165, 1.54) is 0 Å². The summed E-state index contributed by atoms with van der Waals surface area (Å²) < 4.78 is 6.64. The van der Waals surface area contributed by atoms with E-state index in [2.05, 4.69) is 10.3 Å². The van der Waals surface area contributed by atoms with Gasteiger partial charge < -0.3 is 15.6 Å². The van der Waals surface area contributed by atoms with Gasteiger partial charge in [-0.1, -0.05) is 5.21 Å². The Balaban J connectivity index is 2.61. The molecule has 1 unspecified atom stereocenters. The highest BCUT2D eigenvalue weighted by molar-refractivity contribution is 5.01. The van der Waals surface area contributed by atoms with Crippen LogP contribution >= 0.6 is 0 Å². The molecule has 3 N–H and O–H groups in total. The highest BCUT2D eigenvalue weighted by Crippen LogP contribution is 2.08. The molecule has 80 valence electrons. The van der Waals surface area contributed by atoms with Crippen molar-refractivity contribution < 1.29 is 9.84 Å². The summed E-state index contributed by atoms with van der Waals surface area (Å²) in [6.07, 6.45) is 2.27. The second kappa shape index (κ2) is 5.69. The van der Waals surface area contributed by atoms with Crippen LogP contribution in [0.2, 0.25) is 0 Å². The third-order valence-electron chi connectivity index (χ3n) is 1.90. The van der Waals surface area contributed by atoms with Crippen LogP contribution in [0.4, 0.5) is 0 Å².